The van der Waals surface area contributed by atoms with Gasteiger partial charge in [-0.2, -0.15) is 0 Å². The summed E-state index contributed by atoms with van der Waals surface area (Å²) in [5.74, 6) is 0. The third kappa shape index (κ3) is 4.84. The lowest BCUT2D eigenvalue weighted by Crippen LogP contribution is -2.41. The highest BCUT2D eigenvalue weighted by Crippen LogP contribution is 2.14. The summed E-state index contributed by atoms with van der Waals surface area (Å²) >= 11 is 0. The maximum Gasteiger partial charge on any atom is 0.410 e. The fourth-order valence-electron chi connectivity index (χ4n) is 1.80. The molecule has 1 saturated heterocycles. The van der Waals surface area contributed by atoms with Gasteiger partial charge in [-0.25, -0.2) is 4.79 Å². The standard InChI is InChI=1S/C12H24N2O2/c1-12(2,3)16-11(15)14-8-5-4-6-10(13)7-9-14/h10H,4-9,13H2,1-3H3. The average Bonchev–Trinajstić information content (AvgIpc) is 2.08. The number of nitrogens with two attached hydrogens (primary N) is 1. The molecule has 1 fully saturated rings. The zero-order valence-electron chi connectivity index (χ0n) is 10.7. The normalized spacial score (nSPS) is 23.5. The van der Waals surface area contributed by atoms with E-state index in [1.807, 2.05) is 20.8 Å². The molecule has 0 aromatic heterocycles. The number of carbonyl (C=O) groups is 1. The molecule has 16 heavy (non-hydrogen) atoms. The first-order valence-corrected chi connectivity index (χ1v) is 6.12. The van der Waals surface area contributed by atoms with E-state index >= 15 is 0 Å². The van der Waals surface area contributed by atoms with Crippen molar-refractivity contribution in [2.45, 2.75) is 58.1 Å². The first kappa shape index (κ1) is 13.3. The SMILES string of the molecule is CC(C)(C)OC(=O)N1CCCCC(N)CC1. The maximum absolute atomic E-state index is 11.8. The highest BCUT2D eigenvalue weighted by molar-refractivity contribution is 5.68. The van der Waals surface area contributed by atoms with Crippen molar-refractivity contribution in [2.24, 2.45) is 5.73 Å². The summed E-state index contributed by atoms with van der Waals surface area (Å²) < 4.78 is 5.35. The number of nitrogens with zero attached hydrogens (tertiary/aromatic N) is 1. The molecule has 4 heteroatoms. The molecule has 1 heterocycles. The van der Waals surface area contributed by atoms with Crippen LogP contribution in [0, 0.1) is 0 Å². The molecule has 1 rings (SSSR count). The van der Waals surface area contributed by atoms with Gasteiger partial charge in [0.1, 0.15) is 5.60 Å². The lowest BCUT2D eigenvalue weighted by molar-refractivity contribution is 0.0233. The second-order valence-corrected chi connectivity index (χ2v) is 5.51. The Bertz CT molecular complexity index is 236. The Kier molecular flexibility index (Phi) is 4.59. The number of rotatable bonds is 0. The lowest BCUT2D eigenvalue weighted by Gasteiger charge is -2.29. The van der Waals surface area contributed by atoms with Gasteiger partial charge in [-0.3, -0.25) is 0 Å². The van der Waals surface area contributed by atoms with E-state index in [0.717, 1.165) is 38.8 Å². The van der Waals surface area contributed by atoms with Crippen LogP contribution in [0.5, 0.6) is 0 Å². The molecule has 0 aliphatic carbocycles. The van der Waals surface area contributed by atoms with Crippen molar-refractivity contribution in [3.05, 3.63) is 0 Å². The van der Waals surface area contributed by atoms with E-state index in [4.69, 9.17) is 10.5 Å². The van der Waals surface area contributed by atoms with Crippen LogP contribution in [-0.2, 0) is 4.74 Å². The Morgan fingerprint density at radius 1 is 1.25 bits per heavy atom. The summed E-state index contributed by atoms with van der Waals surface area (Å²) in [6, 6.07) is 0.227. The van der Waals surface area contributed by atoms with Crippen LogP contribution in [0.3, 0.4) is 0 Å². The quantitative estimate of drug-likeness (QED) is 0.691. The third-order valence-electron chi connectivity index (χ3n) is 2.67. The average molecular weight is 228 g/mol. The number of amides is 1. The molecule has 0 bridgehead atoms. The van der Waals surface area contributed by atoms with Crippen molar-refractivity contribution < 1.29 is 9.53 Å². The van der Waals surface area contributed by atoms with Gasteiger partial charge < -0.3 is 15.4 Å². The van der Waals surface area contributed by atoms with Crippen LogP contribution in [0.1, 0.15) is 46.5 Å². The minimum absolute atomic E-state index is 0.207. The number of likely N-dealkylation sites (tertiary alicyclic amines) is 1. The summed E-state index contributed by atoms with van der Waals surface area (Å²) in [7, 11) is 0. The highest BCUT2D eigenvalue weighted by atomic mass is 16.6. The Labute approximate surface area is 98.1 Å². The summed E-state index contributed by atoms with van der Waals surface area (Å²) in [5.41, 5.74) is 5.50. The third-order valence-corrected chi connectivity index (χ3v) is 2.67. The van der Waals surface area contributed by atoms with Gasteiger partial charge in [-0.1, -0.05) is 6.42 Å². The van der Waals surface area contributed by atoms with Gasteiger partial charge in [0.15, 0.2) is 0 Å². The first-order chi connectivity index (χ1) is 7.38. The molecule has 2 N–H and O–H groups in total. The molecule has 0 saturated carbocycles. The second kappa shape index (κ2) is 5.53. The largest absolute Gasteiger partial charge is 0.444 e. The number of ether oxygens (including phenoxy) is 1. The van der Waals surface area contributed by atoms with Crippen LogP contribution in [0.15, 0.2) is 0 Å². The van der Waals surface area contributed by atoms with Crippen LogP contribution in [-0.4, -0.2) is 35.7 Å². The molecular formula is C12H24N2O2. The van der Waals surface area contributed by atoms with Gasteiger partial charge in [0.2, 0.25) is 0 Å². The van der Waals surface area contributed by atoms with E-state index in [9.17, 15) is 4.79 Å². The predicted molar refractivity (Wildman–Crippen MR) is 64.3 cm³/mol. The summed E-state index contributed by atoms with van der Waals surface area (Å²) in [6.45, 7) is 7.18. The molecule has 1 unspecified atom stereocenters. The van der Waals surface area contributed by atoms with E-state index in [1.54, 1.807) is 4.90 Å². The Hall–Kier alpha value is -0.770. The van der Waals surface area contributed by atoms with Crippen molar-refractivity contribution in [1.29, 1.82) is 0 Å². The molecule has 94 valence electrons. The van der Waals surface area contributed by atoms with Crippen LogP contribution in [0.25, 0.3) is 0 Å². The topological polar surface area (TPSA) is 55.6 Å². The van der Waals surface area contributed by atoms with Crippen LogP contribution in [0.2, 0.25) is 0 Å². The van der Waals surface area contributed by atoms with Gasteiger partial charge in [-0.15, -0.1) is 0 Å². The van der Waals surface area contributed by atoms with Gasteiger partial charge in [0.05, 0.1) is 0 Å². The molecule has 0 spiro atoms. The molecule has 0 radical (unpaired) electrons. The molecule has 0 aromatic carbocycles. The van der Waals surface area contributed by atoms with Crippen molar-refractivity contribution in [3.8, 4) is 0 Å². The van der Waals surface area contributed by atoms with Crippen LogP contribution in [0.4, 0.5) is 4.79 Å². The number of hydrogen-bond donors (Lipinski definition) is 1. The Balaban J connectivity index is 2.47. The van der Waals surface area contributed by atoms with E-state index < -0.39 is 5.60 Å². The summed E-state index contributed by atoms with van der Waals surface area (Å²) in [6.07, 6.45) is 3.86. The van der Waals surface area contributed by atoms with E-state index in [-0.39, 0.29) is 12.1 Å². The minimum Gasteiger partial charge on any atom is -0.444 e. The zero-order chi connectivity index (χ0) is 12.2. The fraction of sp³-hybridized carbons (Fsp3) is 0.917. The lowest BCUT2D eigenvalue weighted by atomic mass is 10.0. The molecule has 1 amide bonds. The number of hydrogen-bond acceptors (Lipinski definition) is 3. The number of carbonyl (C=O) groups excluding carboxylic acids is 1. The van der Waals surface area contributed by atoms with Crippen molar-refractivity contribution in [1.82, 2.24) is 4.90 Å². The zero-order valence-corrected chi connectivity index (χ0v) is 10.7. The monoisotopic (exact) mass is 228 g/mol. The van der Waals surface area contributed by atoms with E-state index in [0.29, 0.717) is 0 Å². The Morgan fingerprint density at radius 2 is 1.94 bits per heavy atom. The van der Waals surface area contributed by atoms with Gasteiger partial charge in [0, 0.05) is 19.1 Å². The fourth-order valence-corrected chi connectivity index (χ4v) is 1.80. The van der Waals surface area contributed by atoms with E-state index in [2.05, 4.69) is 0 Å². The first-order valence-electron chi connectivity index (χ1n) is 6.12. The second-order valence-electron chi connectivity index (χ2n) is 5.51. The van der Waals surface area contributed by atoms with Crippen LogP contribution >= 0.6 is 0 Å². The van der Waals surface area contributed by atoms with Gasteiger partial charge >= 0.3 is 6.09 Å². The summed E-state index contributed by atoms with van der Waals surface area (Å²) in [5, 5.41) is 0. The van der Waals surface area contributed by atoms with Crippen LogP contribution < -0.4 is 5.73 Å². The maximum atomic E-state index is 11.8. The smallest absolute Gasteiger partial charge is 0.410 e. The molecule has 4 nitrogen and oxygen atoms in total. The molecule has 1 aliphatic heterocycles. The summed E-state index contributed by atoms with van der Waals surface area (Å²) in [4.78, 5) is 13.6. The van der Waals surface area contributed by atoms with Crippen molar-refractivity contribution in [2.75, 3.05) is 13.1 Å². The predicted octanol–water partition coefficient (Wildman–Crippen LogP) is 2.12. The minimum atomic E-state index is -0.415. The van der Waals surface area contributed by atoms with Gasteiger partial charge in [-0.05, 0) is 40.0 Å². The highest BCUT2D eigenvalue weighted by Gasteiger charge is 2.23. The van der Waals surface area contributed by atoms with Crippen molar-refractivity contribution >= 4 is 6.09 Å². The molecular weight excluding hydrogens is 204 g/mol. The Morgan fingerprint density at radius 3 is 2.56 bits per heavy atom. The van der Waals surface area contributed by atoms with E-state index in [1.165, 1.54) is 0 Å². The molecule has 0 aromatic rings. The van der Waals surface area contributed by atoms with Gasteiger partial charge in [0.25, 0.3) is 0 Å². The van der Waals surface area contributed by atoms with Crippen molar-refractivity contribution in [3.63, 3.8) is 0 Å². The molecule has 1 atom stereocenters. The molecule has 1 aliphatic rings.